The van der Waals surface area contributed by atoms with E-state index < -0.39 is 0 Å². The average Bonchev–Trinajstić information content (AvgIpc) is 2.61. The van der Waals surface area contributed by atoms with Crippen LogP contribution in [0.5, 0.6) is 0 Å². The van der Waals surface area contributed by atoms with Gasteiger partial charge in [-0.3, -0.25) is 4.79 Å². The summed E-state index contributed by atoms with van der Waals surface area (Å²) in [5.41, 5.74) is 13.1. The van der Waals surface area contributed by atoms with Gasteiger partial charge in [0, 0.05) is 17.9 Å². The van der Waals surface area contributed by atoms with Crippen LogP contribution in [0.4, 0.5) is 11.4 Å². The molecule has 0 radical (unpaired) electrons. The van der Waals surface area contributed by atoms with Gasteiger partial charge in [-0.1, -0.05) is 24.3 Å². The maximum absolute atomic E-state index is 12.9. The van der Waals surface area contributed by atoms with Crippen LogP contribution in [0.2, 0.25) is 0 Å². The molecule has 2 N–H and O–H groups in total. The maximum Gasteiger partial charge on any atom is 0.231 e. The van der Waals surface area contributed by atoms with Gasteiger partial charge in [-0.25, -0.2) is 0 Å². The third kappa shape index (κ3) is 3.52. The molecule has 132 valence electrons. The molecule has 0 aromatic heterocycles. The Labute approximate surface area is 155 Å². The number of nitrogens with two attached hydrogens (primary N) is 1. The van der Waals surface area contributed by atoms with E-state index in [1.54, 1.807) is 0 Å². The Morgan fingerprint density at radius 1 is 1.00 bits per heavy atom. The normalized spacial score (nSPS) is 15.8. The number of fused-ring (bicyclic) bond motifs is 2. The summed E-state index contributed by atoms with van der Waals surface area (Å²) < 4.78 is 0. The minimum atomic E-state index is 0. The van der Waals surface area contributed by atoms with Gasteiger partial charge in [-0.15, -0.1) is 12.4 Å². The Morgan fingerprint density at radius 2 is 1.80 bits per heavy atom. The molecule has 2 aromatic rings. The third-order valence-electron chi connectivity index (χ3n) is 5.36. The van der Waals surface area contributed by atoms with Crippen molar-refractivity contribution in [3.8, 4) is 0 Å². The van der Waals surface area contributed by atoms with Crippen LogP contribution in [0.3, 0.4) is 0 Å². The molecule has 1 amide bonds. The van der Waals surface area contributed by atoms with E-state index in [2.05, 4.69) is 18.2 Å². The number of amides is 1. The highest BCUT2D eigenvalue weighted by Crippen LogP contribution is 2.32. The molecule has 4 heteroatoms. The van der Waals surface area contributed by atoms with Crippen LogP contribution in [-0.2, 0) is 30.5 Å². The SMILES string of the molecule is Cl.Nc1cccc2c1CCCN2C(=O)Cc1ccc2c(c1)CCCC2. The van der Waals surface area contributed by atoms with Crippen LogP contribution in [0.25, 0.3) is 0 Å². The van der Waals surface area contributed by atoms with E-state index >= 15 is 0 Å². The molecule has 0 atom stereocenters. The van der Waals surface area contributed by atoms with Crippen LogP contribution in [0, 0.1) is 0 Å². The molecule has 1 aliphatic carbocycles. The number of nitrogens with zero attached hydrogens (tertiary/aromatic N) is 1. The van der Waals surface area contributed by atoms with Crippen LogP contribution in [-0.4, -0.2) is 12.5 Å². The zero-order valence-corrected chi connectivity index (χ0v) is 15.3. The molecule has 3 nitrogen and oxygen atoms in total. The van der Waals surface area contributed by atoms with E-state index in [1.807, 2.05) is 23.1 Å². The summed E-state index contributed by atoms with van der Waals surface area (Å²) in [5, 5.41) is 0. The highest BCUT2D eigenvalue weighted by molar-refractivity contribution is 5.96. The van der Waals surface area contributed by atoms with Crippen molar-refractivity contribution >= 4 is 29.7 Å². The summed E-state index contributed by atoms with van der Waals surface area (Å²) >= 11 is 0. The average molecular weight is 357 g/mol. The van der Waals surface area contributed by atoms with E-state index in [0.29, 0.717) is 6.42 Å². The van der Waals surface area contributed by atoms with Crippen LogP contribution < -0.4 is 10.6 Å². The van der Waals surface area contributed by atoms with Gasteiger partial charge in [0.25, 0.3) is 0 Å². The van der Waals surface area contributed by atoms with E-state index in [1.165, 1.54) is 30.4 Å². The minimum Gasteiger partial charge on any atom is -0.398 e. The molecule has 4 rings (SSSR count). The number of carbonyl (C=O) groups is 1. The van der Waals surface area contributed by atoms with E-state index in [0.717, 1.165) is 48.3 Å². The van der Waals surface area contributed by atoms with E-state index in [-0.39, 0.29) is 18.3 Å². The Balaban J connectivity index is 0.00000182. The van der Waals surface area contributed by atoms with Crippen molar-refractivity contribution < 1.29 is 4.79 Å². The molecule has 1 heterocycles. The molecule has 0 unspecified atom stereocenters. The number of rotatable bonds is 2. The zero-order valence-electron chi connectivity index (χ0n) is 14.5. The summed E-state index contributed by atoms with van der Waals surface area (Å²) in [4.78, 5) is 14.8. The number of anilines is 2. The minimum absolute atomic E-state index is 0. The molecule has 0 fully saturated rings. The fourth-order valence-electron chi connectivity index (χ4n) is 4.08. The molecule has 0 spiro atoms. The lowest BCUT2D eigenvalue weighted by atomic mass is 9.90. The maximum atomic E-state index is 12.9. The second-order valence-corrected chi connectivity index (χ2v) is 6.98. The van der Waals surface area contributed by atoms with Crippen LogP contribution >= 0.6 is 12.4 Å². The third-order valence-corrected chi connectivity index (χ3v) is 5.36. The van der Waals surface area contributed by atoms with Crippen molar-refractivity contribution in [2.75, 3.05) is 17.2 Å². The first-order chi connectivity index (χ1) is 11.7. The molecule has 0 bridgehead atoms. The number of hydrogen-bond acceptors (Lipinski definition) is 2. The number of carbonyl (C=O) groups excluding carboxylic acids is 1. The van der Waals surface area contributed by atoms with Gasteiger partial charge < -0.3 is 10.6 Å². The van der Waals surface area contributed by atoms with E-state index in [9.17, 15) is 4.79 Å². The Morgan fingerprint density at radius 3 is 2.64 bits per heavy atom. The fraction of sp³-hybridized carbons (Fsp3) is 0.381. The molecule has 2 aromatic carbocycles. The van der Waals surface area contributed by atoms with Gasteiger partial charge in [0.15, 0.2) is 0 Å². The van der Waals surface area contributed by atoms with Crippen molar-refractivity contribution in [3.63, 3.8) is 0 Å². The van der Waals surface area contributed by atoms with Crippen molar-refractivity contribution in [1.82, 2.24) is 0 Å². The predicted octanol–water partition coefficient (Wildman–Crippen LogP) is 4.09. The first kappa shape index (κ1) is 17.8. The number of benzene rings is 2. The van der Waals surface area contributed by atoms with Gasteiger partial charge in [0.2, 0.25) is 5.91 Å². The number of nitrogen functional groups attached to an aromatic ring is 1. The second kappa shape index (κ2) is 7.49. The van der Waals surface area contributed by atoms with Crippen molar-refractivity contribution in [2.24, 2.45) is 0 Å². The predicted molar refractivity (Wildman–Crippen MR) is 106 cm³/mol. The fourth-order valence-corrected chi connectivity index (χ4v) is 4.08. The lowest BCUT2D eigenvalue weighted by molar-refractivity contribution is -0.118. The summed E-state index contributed by atoms with van der Waals surface area (Å²) in [5.74, 6) is 0.178. The van der Waals surface area contributed by atoms with Crippen molar-refractivity contribution in [1.29, 1.82) is 0 Å². The first-order valence-corrected chi connectivity index (χ1v) is 9.01. The topological polar surface area (TPSA) is 46.3 Å². The molecule has 0 saturated heterocycles. The van der Waals surface area contributed by atoms with Gasteiger partial charge in [0.1, 0.15) is 0 Å². The summed E-state index contributed by atoms with van der Waals surface area (Å²) in [7, 11) is 0. The molecule has 1 aliphatic heterocycles. The van der Waals surface area contributed by atoms with Gasteiger partial charge >= 0.3 is 0 Å². The molecule has 25 heavy (non-hydrogen) atoms. The summed E-state index contributed by atoms with van der Waals surface area (Å²) in [6.45, 7) is 0.792. The smallest absolute Gasteiger partial charge is 0.231 e. The van der Waals surface area contributed by atoms with Crippen LogP contribution in [0.15, 0.2) is 36.4 Å². The molecular weight excluding hydrogens is 332 g/mol. The largest absolute Gasteiger partial charge is 0.398 e. The molecule has 2 aliphatic rings. The zero-order chi connectivity index (χ0) is 16.5. The Kier molecular flexibility index (Phi) is 5.33. The lowest BCUT2D eigenvalue weighted by Gasteiger charge is -2.30. The highest BCUT2D eigenvalue weighted by Gasteiger charge is 2.24. The standard InChI is InChI=1S/C21H24N2O.ClH/c22-19-8-3-9-20-18(19)7-4-12-23(20)21(24)14-15-10-11-16-5-1-2-6-17(16)13-15;/h3,8-11,13H,1-2,4-7,12,14,22H2;1H. The van der Waals surface area contributed by atoms with Gasteiger partial charge in [-0.05, 0) is 72.9 Å². The van der Waals surface area contributed by atoms with Crippen molar-refractivity contribution in [2.45, 2.75) is 44.9 Å². The Hall–Kier alpha value is -2.00. The van der Waals surface area contributed by atoms with Gasteiger partial charge in [-0.2, -0.15) is 0 Å². The molecular formula is C21H25ClN2O. The molecule has 0 saturated carbocycles. The number of hydrogen-bond donors (Lipinski definition) is 1. The summed E-state index contributed by atoms with van der Waals surface area (Å²) in [6, 6.07) is 12.5. The summed E-state index contributed by atoms with van der Waals surface area (Å²) in [6.07, 6.45) is 7.31. The quantitative estimate of drug-likeness (QED) is 0.824. The Bertz CT molecular complexity index is 787. The van der Waals surface area contributed by atoms with E-state index in [4.69, 9.17) is 5.73 Å². The van der Waals surface area contributed by atoms with Crippen molar-refractivity contribution in [3.05, 3.63) is 58.7 Å². The van der Waals surface area contributed by atoms with Gasteiger partial charge in [0.05, 0.1) is 6.42 Å². The lowest BCUT2D eigenvalue weighted by Crippen LogP contribution is -2.36. The highest BCUT2D eigenvalue weighted by atomic mass is 35.5. The first-order valence-electron chi connectivity index (χ1n) is 9.01. The second-order valence-electron chi connectivity index (χ2n) is 6.98. The number of aryl methyl sites for hydroxylation is 2. The van der Waals surface area contributed by atoms with Crippen LogP contribution in [0.1, 0.15) is 41.5 Å². The number of halogens is 1. The monoisotopic (exact) mass is 356 g/mol.